The molecule has 0 saturated carbocycles. The summed E-state index contributed by atoms with van der Waals surface area (Å²) in [6, 6.07) is 3.54. The molecule has 0 bridgehead atoms. The Kier molecular flexibility index (Phi) is 5.40. The molecule has 110 valence electrons. The molecule has 1 fully saturated rings. The summed E-state index contributed by atoms with van der Waals surface area (Å²) in [5, 5.41) is -0.434. The SMILES string of the molecule is Cc1cc(C(=O)Cl)cc(C)c1OCCN1CCOCC1. The number of nitrogens with zero attached hydrogens (tertiary/aromatic N) is 1. The lowest BCUT2D eigenvalue weighted by Crippen LogP contribution is -2.38. The van der Waals surface area contributed by atoms with Crippen molar-refractivity contribution in [2.45, 2.75) is 13.8 Å². The molecule has 0 aliphatic carbocycles. The largest absolute Gasteiger partial charge is 0.492 e. The van der Waals surface area contributed by atoms with Crippen molar-refractivity contribution >= 4 is 16.8 Å². The molecule has 0 atom stereocenters. The molecule has 4 nitrogen and oxygen atoms in total. The van der Waals surface area contributed by atoms with Crippen LogP contribution in [-0.2, 0) is 4.74 Å². The molecule has 0 radical (unpaired) electrons. The monoisotopic (exact) mass is 297 g/mol. The fourth-order valence-corrected chi connectivity index (χ4v) is 2.50. The molecule has 1 saturated heterocycles. The molecule has 20 heavy (non-hydrogen) atoms. The Labute approximate surface area is 124 Å². The molecule has 0 amide bonds. The summed E-state index contributed by atoms with van der Waals surface area (Å²) < 4.78 is 11.2. The van der Waals surface area contributed by atoms with Crippen LogP contribution in [0.5, 0.6) is 5.75 Å². The fourth-order valence-electron chi connectivity index (χ4n) is 2.39. The van der Waals surface area contributed by atoms with E-state index in [0.717, 1.165) is 49.7 Å². The van der Waals surface area contributed by atoms with E-state index in [2.05, 4.69) is 4.90 Å². The molecule has 1 aromatic rings. The molecule has 0 aromatic heterocycles. The van der Waals surface area contributed by atoms with Crippen molar-refractivity contribution in [2.24, 2.45) is 0 Å². The first-order valence-electron chi connectivity index (χ1n) is 6.82. The fraction of sp³-hybridized carbons (Fsp3) is 0.533. The van der Waals surface area contributed by atoms with E-state index in [1.807, 2.05) is 13.8 Å². The van der Waals surface area contributed by atoms with Gasteiger partial charge >= 0.3 is 0 Å². The van der Waals surface area contributed by atoms with Gasteiger partial charge in [0.05, 0.1) is 13.2 Å². The van der Waals surface area contributed by atoms with E-state index in [1.54, 1.807) is 12.1 Å². The molecule has 0 spiro atoms. The predicted octanol–water partition coefficient (Wildman–Crippen LogP) is 2.39. The average Bonchev–Trinajstić information content (AvgIpc) is 2.42. The minimum Gasteiger partial charge on any atom is -0.492 e. The van der Waals surface area contributed by atoms with Crippen LogP contribution in [0.3, 0.4) is 0 Å². The summed E-state index contributed by atoms with van der Waals surface area (Å²) in [4.78, 5) is 13.5. The first-order valence-corrected chi connectivity index (χ1v) is 7.19. The van der Waals surface area contributed by atoms with Crippen LogP contribution < -0.4 is 4.74 Å². The van der Waals surface area contributed by atoms with Crippen LogP contribution in [-0.4, -0.2) is 49.6 Å². The van der Waals surface area contributed by atoms with Crippen molar-refractivity contribution < 1.29 is 14.3 Å². The zero-order valence-electron chi connectivity index (χ0n) is 11.9. The maximum atomic E-state index is 11.2. The van der Waals surface area contributed by atoms with E-state index in [-0.39, 0.29) is 0 Å². The van der Waals surface area contributed by atoms with Gasteiger partial charge in [-0.3, -0.25) is 9.69 Å². The van der Waals surface area contributed by atoms with E-state index in [0.29, 0.717) is 12.2 Å². The van der Waals surface area contributed by atoms with Gasteiger partial charge in [-0.05, 0) is 48.7 Å². The second-order valence-electron chi connectivity index (χ2n) is 5.02. The predicted molar refractivity (Wildman–Crippen MR) is 78.9 cm³/mol. The number of carbonyl (C=O) groups excluding carboxylic acids is 1. The maximum absolute atomic E-state index is 11.2. The third-order valence-corrected chi connectivity index (χ3v) is 3.66. The number of rotatable bonds is 5. The van der Waals surface area contributed by atoms with Gasteiger partial charge in [0, 0.05) is 25.2 Å². The quantitative estimate of drug-likeness (QED) is 0.782. The first-order chi connectivity index (χ1) is 9.58. The zero-order valence-corrected chi connectivity index (χ0v) is 12.7. The number of carbonyl (C=O) groups is 1. The number of hydrogen-bond acceptors (Lipinski definition) is 4. The lowest BCUT2D eigenvalue weighted by Gasteiger charge is -2.26. The van der Waals surface area contributed by atoms with Gasteiger partial charge in [-0.2, -0.15) is 0 Å². The van der Waals surface area contributed by atoms with Crippen molar-refractivity contribution in [1.82, 2.24) is 4.90 Å². The smallest absolute Gasteiger partial charge is 0.252 e. The van der Waals surface area contributed by atoms with Gasteiger partial charge in [0.1, 0.15) is 12.4 Å². The summed E-state index contributed by atoms with van der Waals surface area (Å²) in [5.41, 5.74) is 2.40. The van der Waals surface area contributed by atoms with E-state index >= 15 is 0 Å². The molecular formula is C15H20ClNO3. The number of aryl methyl sites for hydroxylation is 2. The molecule has 1 aromatic carbocycles. The standard InChI is InChI=1S/C15H20ClNO3/c1-11-9-13(15(16)18)10-12(2)14(11)20-8-5-17-3-6-19-7-4-17/h9-10H,3-8H2,1-2H3. The van der Waals surface area contributed by atoms with Gasteiger partial charge in [0.25, 0.3) is 5.24 Å². The van der Waals surface area contributed by atoms with Crippen molar-refractivity contribution in [2.75, 3.05) is 39.5 Å². The number of morpholine rings is 1. The number of hydrogen-bond donors (Lipinski definition) is 0. The van der Waals surface area contributed by atoms with Gasteiger partial charge < -0.3 is 9.47 Å². The van der Waals surface area contributed by atoms with Gasteiger partial charge in [-0.1, -0.05) is 0 Å². The number of ether oxygens (including phenoxy) is 2. The topological polar surface area (TPSA) is 38.8 Å². The normalized spacial score (nSPS) is 16.1. The lowest BCUT2D eigenvalue weighted by molar-refractivity contribution is 0.0322. The van der Waals surface area contributed by atoms with Crippen LogP contribution in [0.2, 0.25) is 0 Å². The zero-order chi connectivity index (χ0) is 14.5. The highest BCUT2D eigenvalue weighted by Crippen LogP contribution is 2.25. The van der Waals surface area contributed by atoms with Crippen molar-refractivity contribution in [3.05, 3.63) is 28.8 Å². The molecule has 1 aliphatic rings. The highest BCUT2D eigenvalue weighted by molar-refractivity contribution is 6.67. The van der Waals surface area contributed by atoms with Crippen LogP contribution in [0.15, 0.2) is 12.1 Å². The minimum atomic E-state index is -0.434. The Morgan fingerprint density at radius 2 is 1.90 bits per heavy atom. The third kappa shape index (κ3) is 3.95. The maximum Gasteiger partial charge on any atom is 0.252 e. The van der Waals surface area contributed by atoms with Crippen LogP contribution >= 0.6 is 11.6 Å². The lowest BCUT2D eigenvalue weighted by atomic mass is 10.1. The van der Waals surface area contributed by atoms with Crippen LogP contribution in [0.1, 0.15) is 21.5 Å². The minimum absolute atomic E-state index is 0.434. The second kappa shape index (κ2) is 7.07. The summed E-state index contributed by atoms with van der Waals surface area (Å²) >= 11 is 5.51. The molecule has 1 aliphatic heterocycles. The Balaban J connectivity index is 1.93. The Morgan fingerprint density at radius 3 is 2.45 bits per heavy atom. The van der Waals surface area contributed by atoms with Gasteiger partial charge in [-0.25, -0.2) is 0 Å². The van der Waals surface area contributed by atoms with Gasteiger partial charge in [-0.15, -0.1) is 0 Å². The van der Waals surface area contributed by atoms with E-state index in [9.17, 15) is 4.79 Å². The average molecular weight is 298 g/mol. The van der Waals surface area contributed by atoms with Crippen LogP contribution in [0.25, 0.3) is 0 Å². The van der Waals surface area contributed by atoms with Crippen LogP contribution in [0.4, 0.5) is 0 Å². The van der Waals surface area contributed by atoms with Crippen molar-refractivity contribution in [3.8, 4) is 5.75 Å². The Bertz CT molecular complexity index is 461. The third-order valence-electron chi connectivity index (χ3n) is 3.44. The van der Waals surface area contributed by atoms with Crippen LogP contribution in [0, 0.1) is 13.8 Å². The molecule has 5 heteroatoms. The number of halogens is 1. The number of benzene rings is 1. The van der Waals surface area contributed by atoms with E-state index in [4.69, 9.17) is 21.1 Å². The first kappa shape index (κ1) is 15.3. The molecular weight excluding hydrogens is 278 g/mol. The summed E-state index contributed by atoms with van der Waals surface area (Å²) in [6.45, 7) is 8.90. The van der Waals surface area contributed by atoms with E-state index in [1.165, 1.54) is 0 Å². The van der Waals surface area contributed by atoms with Gasteiger partial charge in [0.2, 0.25) is 0 Å². The van der Waals surface area contributed by atoms with Crippen molar-refractivity contribution in [3.63, 3.8) is 0 Å². The van der Waals surface area contributed by atoms with E-state index < -0.39 is 5.24 Å². The highest BCUT2D eigenvalue weighted by Gasteiger charge is 2.12. The second-order valence-corrected chi connectivity index (χ2v) is 5.36. The molecule has 0 N–H and O–H groups in total. The molecule has 1 heterocycles. The summed E-state index contributed by atoms with van der Waals surface area (Å²) in [7, 11) is 0. The highest BCUT2D eigenvalue weighted by atomic mass is 35.5. The van der Waals surface area contributed by atoms with Crippen molar-refractivity contribution in [1.29, 1.82) is 0 Å². The summed E-state index contributed by atoms with van der Waals surface area (Å²) in [6.07, 6.45) is 0. The van der Waals surface area contributed by atoms with Gasteiger partial charge in [0.15, 0.2) is 0 Å². The molecule has 0 unspecified atom stereocenters. The summed E-state index contributed by atoms with van der Waals surface area (Å²) in [5.74, 6) is 0.847. The Morgan fingerprint density at radius 1 is 1.30 bits per heavy atom. The molecule has 2 rings (SSSR count). The Hall–Kier alpha value is -1.10.